The van der Waals surface area contributed by atoms with Crippen LogP contribution in [0, 0.1) is 0 Å². The summed E-state index contributed by atoms with van der Waals surface area (Å²) < 4.78 is 37.4. The minimum atomic E-state index is -3.63. The van der Waals surface area contributed by atoms with Crippen LogP contribution in [0.4, 0.5) is 5.69 Å². The van der Waals surface area contributed by atoms with Crippen molar-refractivity contribution < 1.29 is 27.5 Å². The number of nitrogens with zero attached hydrogens (tertiary/aromatic N) is 2. The minimum Gasteiger partial charge on any atom is -0.486 e. The highest BCUT2D eigenvalue weighted by molar-refractivity contribution is 7.92. The number of rotatable bonds is 10. The highest BCUT2D eigenvalue weighted by Crippen LogP contribution is 2.35. The molecule has 0 aliphatic carbocycles. The fraction of sp³-hybridized carbons (Fsp3) is 0.417. The quantitative estimate of drug-likeness (QED) is 0.479. The van der Waals surface area contributed by atoms with E-state index in [1.165, 1.54) is 16.3 Å². The van der Waals surface area contributed by atoms with Gasteiger partial charge in [-0.05, 0) is 43.2 Å². The highest BCUT2D eigenvalue weighted by atomic mass is 35.5. The Balaban J connectivity index is 1.73. The van der Waals surface area contributed by atoms with Crippen molar-refractivity contribution >= 4 is 50.7 Å². The molecular formula is C24H29Cl2N3O6S. The maximum Gasteiger partial charge on any atom is 0.242 e. The molecule has 0 bridgehead atoms. The van der Waals surface area contributed by atoms with Crippen molar-refractivity contribution in [3.63, 3.8) is 0 Å². The van der Waals surface area contributed by atoms with Gasteiger partial charge >= 0.3 is 0 Å². The molecule has 196 valence electrons. The van der Waals surface area contributed by atoms with Crippen LogP contribution in [-0.4, -0.2) is 64.2 Å². The third-order valence-electron chi connectivity index (χ3n) is 5.72. The maximum absolute atomic E-state index is 13.2. The Bertz CT molecular complexity index is 1220. The first-order valence-electron chi connectivity index (χ1n) is 11.3. The van der Waals surface area contributed by atoms with Crippen LogP contribution in [0.3, 0.4) is 0 Å². The molecule has 0 saturated heterocycles. The number of sulfonamides is 1. The number of benzene rings is 2. The lowest BCUT2D eigenvalue weighted by atomic mass is 10.1. The van der Waals surface area contributed by atoms with Crippen LogP contribution in [0.25, 0.3) is 0 Å². The summed E-state index contributed by atoms with van der Waals surface area (Å²) in [6, 6.07) is 9.18. The number of hydrogen-bond acceptors (Lipinski definition) is 6. The van der Waals surface area contributed by atoms with E-state index in [1.807, 2.05) is 0 Å². The van der Waals surface area contributed by atoms with Gasteiger partial charge in [-0.3, -0.25) is 13.9 Å². The summed E-state index contributed by atoms with van der Waals surface area (Å²) >= 11 is 12.1. The number of anilines is 1. The van der Waals surface area contributed by atoms with Gasteiger partial charge in [0.1, 0.15) is 19.3 Å². The van der Waals surface area contributed by atoms with E-state index >= 15 is 0 Å². The molecule has 1 atom stereocenters. The van der Waals surface area contributed by atoms with Crippen molar-refractivity contribution in [2.75, 3.05) is 37.4 Å². The smallest absolute Gasteiger partial charge is 0.242 e. The Labute approximate surface area is 221 Å². The first-order valence-corrected chi connectivity index (χ1v) is 13.9. The van der Waals surface area contributed by atoms with E-state index in [9.17, 15) is 18.0 Å². The standard InChI is InChI=1S/C24H29Cl2N3O6S/c1-16(24(31)27-2)28(15-17-6-8-19(25)20(26)13-17)23(30)5-4-10-29(36(3,32)33)18-7-9-21-22(14-18)35-12-11-34-21/h6-9,13-14,16H,4-5,10-12,15H2,1-3H3,(H,27,31)/t16-/m1/s1. The summed E-state index contributed by atoms with van der Waals surface area (Å²) in [6.07, 6.45) is 1.37. The maximum atomic E-state index is 13.2. The molecule has 2 aromatic carbocycles. The minimum absolute atomic E-state index is 0.0270. The van der Waals surface area contributed by atoms with Crippen LogP contribution in [-0.2, 0) is 26.2 Å². The fourth-order valence-electron chi connectivity index (χ4n) is 3.82. The Morgan fingerprint density at radius 2 is 1.75 bits per heavy atom. The number of hydrogen-bond donors (Lipinski definition) is 1. The lowest BCUT2D eigenvalue weighted by Crippen LogP contribution is -2.46. The average Bonchev–Trinajstić information content (AvgIpc) is 2.85. The second kappa shape index (κ2) is 12.0. The van der Waals surface area contributed by atoms with E-state index in [1.54, 1.807) is 43.3 Å². The van der Waals surface area contributed by atoms with E-state index in [4.69, 9.17) is 32.7 Å². The summed E-state index contributed by atoms with van der Waals surface area (Å²) in [5, 5.41) is 3.29. The summed E-state index contributed by atoms with van der Waals surface area (Å²) in [6.45, 7) is 2.65. The van der Waals surface area contributed by atoms with Gasteiger partial charge in [0.15, 0.2) is 11.5 Å². The zero-order valence-electron chi connectivity index (χ0n) is 20.3. The normalized spacial score (nSPS) is 13.6. The van der Waals surface area contributed by atoms with Crippen molar-refractivity contribution in [3.05, 3.63) is 52.0 Å². The molecule has 0 fully saturated rings. The number of fused-ring (bicyclic) bond motifs is 1. The van der Waals surface area contributed by atoms with Gasteiger partial charge in [0.05, 0.1) is 22.0 Å². The molecule has 2 amide bonds. The molecule has 2 aromatic rings. The SMILES string of the molecule is CNC(=O)[C@@H](C)N(Cc1ccc(Cl)c(Cl)c1)C(=O)CCCN(c1ccc2c(c1)OCCO2)S(C)(=O)=O. The fourth-order valence-corrected chi connectivity index (χ4v) is 5.10. The van der Waals surface area contributed by atoms with Gasteiger partial charge in [-0.2, -0.15) is 0 Å². The van der Waals surface area contributed by atoms with Crippen molar-refractivity contribution in [1.82, 2.24) is 10.2 Å². The molecule has 0 saturated carbocycles. The zero-order valence-corrected chi connectivity index (χ0v) is 22.6. The second-order valence-electron chi connectivity index (χ2n) is 8.33. The zero-order chi connectivity index (χ0) is 26.5. The van der Waals surface area contributed by atoms with Crippen LogP contribution in [0.1, 0.15) is 25.3 Å². The predicted octanol–water partition coefficient (Wildman–Crippen LogP) is 3.47. The topological polar surface area (TPSA) is 105 Å². The van der Waals surface area contributed by atoms with Crippen molar-refractivity contribution in [2.45, 2.75) is 32.4 Å². The molecule has 1 aliphatic heterocycles. The Morgan fingerprint density at radius 3 is 2.39 bits per heavy atom. The van der Waals surface area contributed by atoms with E-state index in [2.05, 4.69) is 5.32 Å². The van der Waals surface area contributed by atoms with Crippen LogP contribution in [0.5, 0.6) is 11.5 Å². The van der Waals surface area contributed by atoms with Crippen LogP contribution < -0.4 is 19.1 Å². The van der Waals surface area contributed by atoms with Gasteiger partial charge in [-0.25, -0.2) is 8.42 Å². The van der Waals surface area contributed by atoms with Gasteiger partial charge in [-0.1, -0.05) is 29.3 Å². The van der Waals surface area contributed by atoms with Gasteiger partial charge < -0.3 is 19.7 Å². The molecule has 12 heteroatoms. The molecule has 0 aromatic heterocycles. The Morgan fingerprint density at radius 1 is 1.06 bits per heavy atom. The van der Waals surface area contributed by atoms with Gasteiger partial charge in [0.25, 0.3) is 0 Å². The summed E-state index contributed by atoms with van der Waals surface area (Å²) in [7, 11) is -2.14. The molecule has 0 spiro atoms. The van der Waals surface area contributed by atoms with E-state index in [0.717, 1.165) is 6.26 Å². The molecule has 36 heavy (non-hydrogen) atoms. The van der Waals surface area contributed by atoms with E-state index in [0.29, 0.717) is 46.0 Å². The van der Waals surface area contributed by atoms with Crippen molar-refractivity contribution in [2.24, 2.45) is 0 Å². The van der Waals surface area contributed by atoms with Crippen molar-refractivity contribution in [1.29, 1.82) is 0 Å². The highest BCUT2D eigenvalue weighted by Gasteiger charge is 2.26. The first kappa shape index (κ1) is 27.9. The lowest BCUT2D eigenvalue weighted by Gasteiger charge is -2.29. The number of carbonyl (C=O) groups excluding carboxylic acids is 2. The number of amides is 2. The predicted molar refractivity (Wildman–Crippen MR) is 139 cm³/mol. The molecule has 0 unspecified atom stereocenters. The molecule has 1 N–H and O–H groups in total. The molecular weight excluding hydrogens is 529 g/mol. The van der Waals surface area contributed by atoms with Crippen LogP contribution in [0.2, 0.25) is 10.0 Å². The van der Waals surface area contributed by atoms with Crippen LogP contribution in [0.15, 0.2) is 36.4 Å². The van der Waals surface area contributed by atoms with E-state index < -0.39 is 16.1 Å². The van der Waals surface area contributed by atoms with E-state index in [-0.39, 0.29) is 37.7 Å². The summed E-state index contributed by atoms with van der Waals surface area (Å²) in [4.78, 5) is 27.0. The summed E-state index contributed by atoms with van der Waals surface area (Å²) in [5.74, 6) is 0.399. The van der Waals surface area contributed by atoms with Gasteiger partial charge in [-0.15, -0.1) is 0 Å². The molecule has 9 nitrogen and oxygen atoms in total. The summed E-state index contributed by atoms with van der Waals surface area (Å²) in [5.41, 5.74) is 1.13. The molecule has 1 aliphatic rings. The third-order valence-corrected chi connectivity index (χ3v) is 7.65. The molecule has 0 radical (unpaired) electrons. The second-order valence-corrected chi connectivity index (χ2v) is 11.0. The number of likely N-dealkylation sites (N-methyl/N-ethyl adjacent to an activating group) is 1. The Kier molecular flexibility index (Phi) is 9.32. The van der Waals surface area contributed by atoms with Gasteiger partial charge in [0, 0.05) is 32.6 Å². The number of carbonyl (C=O) groups is 2. The number of halogens is 2. The largest absolute Gasteiger partial charge is 0.486 e. The average molecular weight is 558 g/mol. The first-order chi connectivity index (χ1) is 17.0. The number of ether oxygens (including phenoxy) is 2. The monoisotopic (exact) mass is 557 g/mol. The van der Waals surface area contributed by atoms with Crippen LogP contribution >= 0.6 is 23.2 Å². The molecule has 1 heterocycles. The lowest BCUT2D eigenvalue weighted by molar-refractivity contribution is -0.140. The molecule has 3 rings (SSSR count). The Hall–Kier alpha value is -2.69. The third kappa shape index (κ3) is 6.96. The number of nitrogens with one attached hydrogen (secondary N) is 1. The van der Waals surface area contributed by atoms with Gasteiger partial charge in [0.2, 0.25) is 21.8 Å². The van der Waals surface area contributed by atoms with Crippen molar-refractivity contribution in [3.8, 4) is 11.5 Å².